The van der Waals surface area contributed by atoms with E-state index < -0.39 is 0 Å². The number of aliphatic hydroxyl groups is 1. The molecule has 26 heavy (non-hydrogen) atoms. The minimum atomic E-state index is -0.182. The lowest BCUT2D eigenvalue weighted by Crippen LogP contribution is -2.53. The lowest BCUT2D eigenvalue weighted by molar-refractivity contribution is -0.140. The summed E-state index contributed by atoms with van der Waals surface area (Å²) in [5.74, 6) is 2.50. The number of Topliss-reactive ketones (excluding diaryl/α,β-unsaturated/α-hetero) is 1. The van der Waals surface area contributed by atoms with Crippen LogP contribution in [0.5, 0.6) is 0 Å². The van der Waals surface area contributed by atoms with Gasteiger partial charge in [-0.25, -0.2) is 0 Å². The summed E-state index contributed by atoms with van der Waals surface area (Å²) in [6.45, 7) is 10.7. The minimum Gasteiger partial charge on any atom is -0.393 e. The van der Waals surface area contributed by atoms with Gasteiger partial charge in [-0.1, -0.05) is 31.6 Å². The molecule has 0 saturated heterocycles. The van der Waals surface area contributed by atoms with Crippen LogP contribution in [0.1, 0.15) is 78.6 Å². The second-order valence-corrected chi connectivity index (χ2v) is 10.3. The van der Waals surface area contributed by atoms with E-state index in [1.54, 1.807) is 0 Å². The van der Waals surface area contributed by atoms with Gasteiger partial charge < -0.3 is 5.11 Å². The first-order valence-corrected chi connectivity index (χ1v) is 10.8. The van der Waals surface area contributed by atoms with E-state index in [-0.39, 0.29) is 22.3 Å². The van der Waals surface area contributed by atoms with Gasteiger partial charge in [0.25, 0.3) is 0 Å². The third kappa shape index (κ3) is 2.23. The minimum absolute atomic E-state index is 0.129. The number of ketones is 1. The molecule has 0 aromatic rings. The molecule has 7 atom stereocenters. The zero-order chi connectivity index (χ0) is 18.7. The van der Waals surface area contributed by atoms with Crippen LogP contribution in [-0.4, -0.2) is 17.0 Å². The van der Waals surface area contributed by atoms with Crippen molar-refractivity contribution < 1.29 is 9.90 Å². The van der Waals surface area contributed by atoms with Crippen LogP contribution in [0.2, 0.25) is 0 Å². The first-order valence-electron chi connectivity index (χ1n) is 10.8. The highest BCUT2D eigenvalue weighted by atomic mass is 16.3. The van der Waals surface area contributed by atoms with Gasteiger partial charge in [0.1, 0.15) is 5.78 Å². The van der Waals surface area contributed by atoms with Crippen molar-refractivity contribution in [2.75, 3.05) is 0 Å². The van der Waals surface area contributed by atoms with Crippen LogP contribution in [0.3, 0.4) is 0 Å². The molecular weight excluding hydrogens is 320 g/mol. The molecule has 0 aromatic heterocycles. The van der Waals surface area contributed by atoms with E-state index in [0.29, 0.717) is 17.6 Å². The van der Waals surface area contributed by atoms with Crippen molar-refractivity contribution >= 4 is 5.78 Å². The molecule has 0 bridgehead atoms. The van der Waals surface area contributed by atoms with E-state index in [1.165, 1.54) is 24.8 Å². The van der Waals surface area contributed by atoms with Crippen molar-refractivity contribution in [3.63, 3.8) is 0 Å². The van der Waals surface area contributed by atoms with E-state index in [2.05, 4.69) is 26.5 Å². The van der Waals surface area contributed by atoms with Gasteiger partial charge in [0.15, 0.2) is 0 Å². The number of carbonyl (C=O) groups excluding carboxylic acids is 1. The van der Waals surface area contributed by atoms with Crippen molar-refractivity contribution in [2.45, 2.75) is 84.7 Å². The largest absolute Gasteiger partial charge is 0.393 e. The van der Waals surface area contributed by atoms with Crippen molar-refractivity contribution in [3.05, 3.63) is 24.3 Å². The number of allylic oxidation sites excluding steroid dienone is 2. The van der Waals surface area contributed by atoms with Crippen LogP contribution in [-0.2, 0) is 4.79 Å². The number of carbonyl (C=O) groups is 1. The number of hydrogen-bond acceptors (Lipinski definition) is 2. The van der Waals surface area contributed by atoms with Gasteiger partial charge >= 0.3 is 0 Å². The molecule has 3 saturated carbocycles. The van der Waals surface area contributed by atoms with E-state index in [9.17, 15) is 9.90 Å². The third-order valence-electron chi connectivity index (χ3n) is 9.61. The van der Waals surface area contributed by atoms with Gasteiger partial charge in [0, 0.05) is 5.41 Å². The normalized spacial score (nSPS) is 50.2. The van der Waals surface area contributed by atoms with Crippen LogP contribution in [0.15, 0.2) is 24.3 Å². The van der Waals surface area contributed by atoms with Crippen molar-refractivity contribution in [2.24, 2.45) is 34.0 Å². The molecule has 3 fully saturated rings. The molecule has 0 aromatic carbocycles. The number of hydrogen-bond donors (Lipinski definition) is 1. The Hall–Kier alpha value is -0.890. The lowest BCUT2D eigenvalue weighted by Gasteiger charge is -2.59. The average molecular weight is 357 g/mol. The molecule has 144 valence electrons. The Morgan fingerprint density at radius 1 is 1.23 bits per heavy atom. The molecule has 4 aliphatic carbocycles. The van der Waals surface area contributed by atoms with E-state index in [4.69, 9.17) is 0 Å². The number of rotatable bonds is 3. The standard InChI is InChI=1S/C24H36O2/c1-5-11-24(16(2)25)14-10-21-19-7-6-17-15-18(26)8-12-22(17,3)20(19)9-13-23(21,24)4/h5-6,18-21,26H,1,7-15H2,2-4H3/t18-,19?,20?,21?,22?,23?,24+/m0/s1. The summed E-state index contributed by atoms with van der Waals surface area (Å²) in [4.78, 5) is 12.8. The Labute approximate surface area is 159 Å². The first kappa shape index (κ1) is 18.5. The molecule has 1 N–H and O–H groups in total. The highest BCUT2D eigenvalue weighted by Crippen LogP contribution is 2.70. The number of fused-ring (bicyclic) bond motifs is 5. The molecule has 2 nitrogen and oxygen atoms in total. The Balaban J connectivity index is 1.70. The van der Waals surface area contributed by atoms with Crippen LogP contribution in [0.25, 0.3) is 0 Å². The topological polar surface area (TPSA) is 37.3 Å². The molecule has 0 aliphatic heterocycles. The second kappa shape index (κ2) is 6.06. The van der Waals surface area contributed by atoms with Gasteiger partial charge in [0.2, 0.25) is 0 Å². The first-order chi connectivity index (χ1) is 12.3. The lowest BCUT2D eigenvalue weighted by atomic mass is 9.45. The van der Waals surface area contributed by atoms with E-state index in [1.807, 2.05) is 13.0 Å². The van der Waals surface area contributed by atoms with Crippen LogP contribution in [0, 0.1) is 34.0 Å². The fraction of sp³-hybridized carbons (Fsp3) is 0.792. The molecule has 0 heterocycles. The number of aliphatic hydroxyl groups excluding tert-OH is 1. The molecule has 4 rings (SSSR count). The fourth-order valence-corrected chi connectivity index (χ4v) is 8.08. The van der Waals surface area contributed by atoms with Crippen LogP contribution in [0.4, 0.5) is 0 Å². The average Bonchev–Trinajstić information content (AvgIpc) is 2.90. The predicted molar refractivity (Wildman–Crippen MR) is 106 cm³/mol. The zero-order valence-corrected chi connectivity index (χ0v) is 16.9. The summed E-state index contributed by atoms with van der Waals surface area (Å²) in [7, 11) is 0. The van der Waals surface area contributed by atoms with Crippen molar-refractivity contribution in [1.29, 1.82) is 0 Å². The van der Waals surface area contributed by atoms with Crippen molar-refractivity contribution in [3.8, 4) is 0 Å². The van der Waals surface area contributed by atoms with Gasteiger partial charge in [-0.05, 0) is 93.3 Å². The van der Waals surface area contributed by atoms with E-state index in [0.717, 1.165) is 44.4 Å². The monoisotopic (exact) mass is 356 g/mol. The summed E-state index contributed by atoms with van der Waals surface area (Å²) >= 11 is 0. The maximum atomic E-state index is 12.8. The highest BCUT2D eigenvalue weighted by molar-refractivity contribution is 5.84. The van der Waals surface area contributed by atoms with Gasteiger partial charge in [-0.3, -0.25) is 4.79 Å². The molecule has 2 heteroatoms. The predicted octanol–water partition coefficient (Wildman–Crippen LogP) is 5.46. The zero-order valence-electron chi connectivity index (χ0n) is 16.9. The SMILES string of the molecule is C=CC[C@]1(C(C)=O)CCC2C3CC=C4C[C@@H](O)CCC4(C)C3CCC21C. The third-order valence-corrected chi connectivity index (χ3v) is 9.61. The second-order valence-electron chi connectivity index (χ2n) is 10.3. The fourth-order valence-electron chi connectivity index (χ4n) is 8.08. The molecular formula is C24H36O2. The van der Waals surface area contributed by atoms with Gasteiger partial charge in [-0.15, -0.1) is 6.58 Å². The van der Waals surface area contributed by atoms with Gasteiger partial charge in [0.05, 0.1) is 6.10 Å². The Morgan fingerprint density at radius 2 is 1.96 bits per heavy atom. The van der Waals surface area contributed by atoms with E-state index >= 15 is 0 Å². The smallest absolute Gasteiger partial charge is 0.136 e. The molecule has 0 radical (unpaired) electrons. The highest BCUT2D eigenvalue weighted by Gasteiger charge is 2.64. The summed E-state index contributed by atoms with van der Waals surface area (Å²) in [5.41, 5.74) is 1.76. The Bertz CT molecular complexity index is 649. The maximum absolute atomic E-state index is 12.8. The summed E-state index contributed by atoms with van der Waals surface area (Å²) in [6, 6.07) is 0. The summed E-state index contributed by atoms with van der Waals surface area (Å²) in [5, 5.41) is 10.2. The Kier molecular flexibility index (Phi) is 4.30. The van der Waals surface area contributed by atoms with Crippen molar-refractivity contribution in [1.82, 2.24) is 0 Å². The molecule has 0 spiro atoms. The molecule has 5 unspecified atom stereocenters. The van der Waals surface area contributed by atoms with Gasteiger partial charge in [-0.2, -0.15) is 0 Å². The summed E-state index contributed by atoms with van der Waals surface area (Å²) < 4.78 is 0. The summed E-state index contributed by atoms with van der Waals surface area (Å²) in [6.07, 6.45) is 14.0. The Morgan fingerprint density at radius 3 is 2.65 bits per heavy atom. The maximum Gasteiger partial charge on any atom is 0.136 e. The van der Waals surface area contributed by atoms with Crippen LogP contribution < -0.4 is 0 Å². The molecule has 4 aliphatic rings. The molecule has 0 amide bonds. The van der Waals surface area contributed by atoms with Crippen LogP contribution >= 0.6 is 0 Å². The quantitative estimate of drug-likeness (QED) is 0.682.